The first-order chi connectivity index (χ1) is 7.29. The lowest BCUT2D eigenvalue weighted by atomic mass is 10.1. The zero-order chi connectivity index (χ0) is 12.3. The molecule has 16 heavy (non-hydrogen) atoms. The van der Waals surface area contributed by atoms with Crippen molar-refractivity contribution in [2.24, 2.45) is 5.92 Å². The third kappa shape index (κ3) is 3.86. The molecule has 1 aromatic rings. The number of rotatable bonds is 4. The quantitative estimate of drug-likeness (QED) is 0.839. The zero-order valence-corrected chi connectivity index (χ0v) is 10.8. The fourth-order valence-corrected chi connectivity index (χ4v) is 1.93. The van der Waals surface area contributed by atoms with Crippen LogP contribution in [0.5, 0.6) is 0 Å². The van der Waals surface area contributed by atoms with Gasteiger partial charge in [-0.3, -0.25) is 10.1 Å². The molecule has 0 radical (unpaired) electrons. The second-order valence-corrected chi connectivity index (χ2v) is 5.67. The van der Waals surface area contributed by atoms with E-state index in [-0.39, 0.29) is 0 Å². The van der Waals surface area contributed by atoms with Crippen molar-refractivity contribution >= 4 is 22.4 Å². The number of hydrogen-bond acceptors (Lipinski definition) is 5. The molecule has 1 heterocycles. The van der Waals surface area contributed by atoms with Gasteiger partial charge in [0.05, 0.1) is 0 Å². The second kappa shape index (κ2) is 4.88. The van der Waals surface area contributed by atoms with Gasteiger partial charge in [0.15, 0.2) is 0 Å². The SMILES string of the molecule is CC(C)Cc1nnc(NC(=O)C(C)(C)O)s1. The predicted octanol–water partition coefficient (Wildman–Crippen LogP) is 1.45. The number of nitrogens with zero attached hydrogens (tertiary/aromatic N) is 2. The Morgan fingerprint density at radius 3 is 2.62 bits per heavy atom. The average Bonchev–Trinajstić information content (AvgIpc) is 2.49. The molecule has 0 aliphatic rings. The summed E-state index contributed by atoms with van der Waals surface area (Å²) in [4.78, 5) is 11.4. The molecule has 0 fully saturated rings. The lowest BCUT2D eigenvalue weighted by molar-refractivity contribution is -0.130. The van der Waals surface area contributed by atoms with Gasteiger partial charge < -0.3 is 5.11 Å². The number of aromatic nitrogens is 2. The summed E-state index contributed by atoms with van der Waals surface area (Å²) in [6, 6.07) is 0. The van der Waals surface area contributed by atoms with E-state index < -0.39 is 11.5 Å². The summed E-state index contributed by atoms with van der Waals surface area (Å²) in [5, 5.41) is 21.1. The van der Waals surface area contributed by atoms with E-state index in [1.165, 1.54) is 25.2 Å². The molecule has 0 spiro atoms. The van der Waals surface area contributed by atoms with E-state index in [9.17, 15) is 9.90 Å². The van der Waals surface area contributed by atoms with E-state index in [2.05, 4.69) is 29.4 Å². The van der Waals surface area contributed by atoms with E-state index in [1.807, 2.05) is 0 Å². The summed E-state index contributed by atoms with van der Waals surface area (Å²) < 4.78 is 0. The number of carbonyl (C=O) groups excluding carboxylic acids is 1. The topological polar surface area (TPSA) is 75.1 Å². The lowest BCUT2D eigenvalue weighted by Crippen LogP contribution is -2.36. The Morgan fingerprint density at radius 1 is 1.50 bits per heavy atom. The molecule has 0 bridgehead atoms. The van der Waals surface area contributed by atoms with Crippen LogP contribution < -0.4 is 5.32 Å². The third-order valence-corrected chi connectivity index (χ3v) is 2.69. The molecular formula is C10H17N3O2S. The summed E-state index contributed by atoms with van der Waals surface area (Å²) in [7, 11) is 0. The van der Waals surface area contributed by atoms with Crippen molar-refractivity contribution in [1.82, 2.24) is 10.2 Å². The van der Waals surface area contributed by atoms with E-state index in [4.69, 9.17) is 0 Å². The molecule has 5 nitrogen and oxygen atoms in total. The highest BCUT2D eigenvalue weighted by Crippen LogP contribution is 2.19. The van der Waals surface area contributed by atoms with E-state index >= 15 is 0 Å². The Bertz CT molecular complexity index is 368. The predicted molar refractivity (Wildman–Crippen MR) is 63.4 cm³/mol. The smallest absolute Gasteiger partial charge is 0.257 e. The molecule has 0 saturated carbocycles. The largest absolute Gasteiger partial charge is 0.381 e. The van der Waals surface area contributed by atoms with E-state index in [0.717, 1.165) is 11.4 Å². The molecule has 1 aromatic heterocycles. The van der Waals surface area contributed by atoms with Gasteiger partial charge in [-0.2, -0.15) is 0 Å². The maximum atomic E-state index is 11.4. The van der Waals surface area contributed by atoms with Crippen molar-refractivity contribution in [2.75, 3.05) is 5.32 Å². The maximum absolute atomic E-state index is 11.4. The molecule has 0 saturated heterocycles. The van der Waals surface area contributed by atoms with Crippen molar-refractivity contribution in [1.29, 1.82) is 0 Å². The van der Waals surface area contributed by atoms with E-state index in [0.29, 0.717) is 11.0 Å². The Morgan fingerprint density at radius 2 is 2.12 bits per heavy atom. The minimum Gasteiger partial charge on any atom is -0.381 e. The second-order valence-electron chi connectivity index (χ2n) is 4.61. The summed E-state index contributed by atoms with van der Waals surface area (Å²) in [6.07, 6.45) is 0.843. The summed E-state index contributed by atoms with van der Waals surface area (Å²) >= 11 is 1.34. The van der Waals surface area contributed by atoms with Crippen LogP contribution in [0.3, 0.4) is 0 Å². The Kier molecular flexibility index (Phi) is 3.98. The molecular weight excluding hydrogens is 226 g/mol. The Labute approximate surface area is 98.9 Å². The Hall–Kier alpha value is -1.01. The van der Waals surface area contributed by atoms with Crippen LogP contribution >= 0.6 is 11.3 Å². The maximum Gasteiger partial charge on any atom is 0.257 e. The Balaban J connectivity index is 2.62. The van der Waals surface area contributed by atoms with Crippen LogP contribution in [0.1, 0.15) is 32.7 Å². The minimum absolute atomic E-state index is 0.433. The number of hydrogen-bond donors (Lipinski definition) is 2. The molecule has 0 atom stereocenters. The summed E-state index contributed by atoms with van der Waals surface area (Å²) in [5.74, 6) is 0.0329. The lowest BCUT2D eigenvalue weighted by Gasteiger charge is -2.14. The zero-order valence-electron chi connectivity index (χ0n) is 9.94. The molecule has 1 amide bonds. The van der Waals surface area contributed by atoms with E-state index in [1.54, 1.807) is 0 Å². The molecule has 2 N–H and O–H groups in total. The first-order valence-corrected chi connectivity index (χ1v) is 5.97. The molecule has 0 unspecified atom stereocenters. The van der Waals surface area contributed by atoms with Crippen LogP contribution in [0.15, 0.2) is 0 Å². The molecule has 1 rings (SSSR count). The number of amides is 1. The molecule has 90 valence electrons. The fourth-order valence-electron chi connectivity index (χ4n) is 0.986. The van der Waals surface area contributed by atoms with Gasteiger partial charge in [0.2, 0.25) is 5.13 Å². The van der Waals surface area contributed by atoms with Gasteiger partial charge in [0.1, 0.15) is 10.6 Å². The van der Waals surface area contributed by atoms with Gasteiger partial charge in [-0.15, -0.1) is 10.2 Å². The van der Waals surface area contributed by atoms with Crippen LogP contribution in [-0.4, -0.2) is 26.8 Å². The monoisotopic (exact) mass is 243 g/mol. The van der Waals surface area contributed by atoms with Gasteiger partial charge in [-0.1, -0.05) is 25.2 Å². The van der Waals surface area contributed by atoms with Crippen molar-refractivity contribution < 1.29 is 9.90 Å². The number of nitrogens with one attached hydrogen (secondary N) is 1. The summed E-state index contributed by atoms with van der Waals surface area (Å²) in [5.41, 5.74) is -1.40. The molecule has 0 aliphatic carbocycles. The molecule has 0 aromatic carbocycles. The van der Waals surface area contributed by atoms with Crippen molar-refractivity contribution in [3.05, 3.63) is 5.01 Å². The fraction of sp³-hybridized carbons (Fsp3) is 0.700. The molecule has 0 aliphatic heterocycles. The van der Waals surface area contributed by atoms with Gasteiger partial charge >= 0.3 is 0 Å². The highest BCUT2D eigenvalue weighted by Gasteiger charge is 2.24. The van der Waals surface area contributed by atoms with Crippen LogP contribution in [0.4, 0.5) is 5.13 Å². The van der Waals surface area contributed by atoms with Crippen LogP contribution in [0, 0.1) is 5.92 Å². The van der Waals surface area contributed by atoms with Gasteiger partial charge in [0.25, 0.3) is 5.91 Å². The van der Waals surface area contributed by atoms with Crippen molar-refractivity contribution in [3.8, 4) is 0 Å². The van der Waals surface area contributed by atoms with Gasteiger partial charge in [-0.25, -0.2) is 0 Å². The van der Waals surface area contributed by atoms with Crippen LogP contribution in [0.25, 0.3) is 0 Å². The van der Waals surface area contributed by atoms with Crippen LogP contribution in [-0.2, 0) is 11.2 Å². The minimum atomic E-state index is -1.40. The number of carbonyl (C=O) groups is 1. The summed E-state index contributed by atoms with van der Waals surface area (Å²) in [6.45, 7) is 7.05. The first kappa shape index (κ1) is 13.1. The first-order valence-electron chi connectivity index (χ1n) is 5.15. The number of anilines is 1. The third-order valence-electron chi connectivity index (χ3n) is 1.83. The highest BCUT2D eigenvalue weighted by atomic mass is 32.1. The van der Waals surface area contributed by atoms with Gasteiger partial charge in [0, 0.05) is 6.42 Å². The van der Waals surface area contributed by atoms with Crippen molar-refractivity contribution in [2.45, 2.75) is 39.7 Å². The average molecular weight is 243 g/mol. The van der Waals surface area contributed by atoms with Crippen molar-refractivity contribution in [3.63, 3.8) is 0 Å². The normalized spacial score (nSPS) is 11.9. The highest BCUT2D eigenvalue weighted by molar-refractivity contribution is 7.15. The van der Waals surface area contributed by atoms with Crippen LogP contribution in [0.2, 0.25) is 0 Å². The molecule has 6 heteroatoms. The standard InChI is InChI=1S/C10H17N3O2S/c1-6(2)5-7-12-13-9(16-7)11-8(14)10(3,4)15/h6,15H,5H2,1-4H3,(H,11,13,14). The van der Waals surface area contributed by atoms with Gasteiger partial charge in [-0.05, 0) is 19.8 Å². The number of aliphatic hydroxyl groups is 1.